The summed E-state index contributed by atoms with van der Waals surface area (Å²) in [5.74, 6) is 1.15. The third kappa shape index (κ3) is 3.54. The van der Waals surface area contributed by atoms with Crippen LogP contribution in [0.3, 0.4) is 0 Å². The van der Waals surface area contributed by atoms with E-state index in [-0.39, 0.29) is 18.0 Å². The molecule has 0 fully saturated rings. The number of hydrogen-bond donors (Lipinski definition) is 0. The Morgan fingerprint density at radius 2 is 1.59 bits per heavy atom. The van der Waals surface area contributed by atoms with E-state index >= 15 is 0 Å². The zero-order valence-electron chi connectivity index (χ0n) is 18.1. The summed E-state index contributed by atoms with van der Waals surface area (Å²) in [6.45, 7) is 2.06. The molecule has 0 aliphatic carbocycles. The van der Waals surface area contributed by atoms with E-state index in [1.807, 2.05) is 22.9 Å². The zero-order valence-corrected chi connectivity index (χ0v) is 18.1. The van der Waals surface area contributed by atoms with Crippen molar-refractivity contribution in [2.75, 3.05) is 12.0 Å². The van der Waals surface area contributed by atoms with Crippen LogP contribution < -0.4 is 9.64 Å². The van der Waals surface area contributed by atoms with Gasteiger partial charge >= 0.3 is 0 Å². The van der Waals surface area contributed by atoms with Crippen LogP contribution in [0.1, 0.15) is 45.6 Å². The van der Waals surface area contributed by atoms with Gasteiger partial charge in [0, 0.05) is 5.56 Å². The Bertz CT molecular complexity index is 1220. The number of rotatable bonds is 4. The minimum atomic E-state index is -0.174. The van der Waals surface area contributed by atoms with Gasteiger partial charge in [-0.05, 0) is 48.7 Å². The standard InChI is InChI=1S/C26H24N4O2/c1-18-8-10-20(11-9-18)23-16-24(19-6-4-3-5-7-19)30-26(27-17-28-30)29(23)25(31)21-12-14-22(32-2)15-13-21/h3-15,17,23-24H,16H2,1-2H3. The highest BCUT2D eigenvalue weighted by Gasteiger charge is 2.39. The summed E-state index contributed by atoms with van der Waals surface area (Å²) in [5.41, 5.74) is 3.98. The smallest absolute Gasteiger partial charge is 0.261 e. The molecule has 0 radical (unpaired) electrons. The van der Waals surface area contributed by atoms with Gasteiger partial charge in [-0.15, -0.1) is 0 Å². The minimum Gasteiger partial charge on any atom is -0.497 e. The normalized spacial score (nSPS) is 17.6. The van der Waals surface area contributed by atoms with Crippen LogP contribution in [0.25, 0.3) is 0 Å². The number of benzene rings is 3. The van der Waals surface area contributed by atoms with E-state index in [9.17, 15) is 4.79 Å². The summed E-state index contributed by atoms with van der Waals surface area (Å²) in [7, 11) is 1.61. The van der Waals surface area contributed by atoms with Crippen molar-refractivity contribution in [3.05, 3.63) is 107 Å². The van der Waals surface area contributed by atoms with Crippen LogP contribution in [0.5, 0.6) is 5.75 Å². The lowest BCUT2D eigenvalue weighted by molar-refractivity contribution is 0.0963. The average molecular weight is 425 g/mol. The Labute approximate surface area is 187 Å². The molecule has 3 aromatic carbocycles. The number of aryl methyl sites for hydroxylation is 1. The molecule has 5 rings (SSSR count). The molecule has 0 saturated heterocycles. The SMILES string of the molecule is COc1ccc(C(=O)N2c3ncnn3C(c3ccccc3)CC2c2ccc(C)cc2)cc1. The number of fused-ring (bicyclic) bond motifs is 1. The topological polar surface area (TPSA) is 60.2 Å². The fourth-order valence-electron chi connectivity index (χ4n) is 4.32. The number of amides is 1. The fourth-order valence-corrected chi connectivity index (χ4v) is 4.32. The van der Waals surface area contributed by atoms with Gasteiger partial charge in [0.25, 0.3) is 5.91 Å². The molecule has 0 N–H and O–H groups in total. The van der Waals surface area contributed by atoms with E-state index < -0.39 is 0 Å². The second kappa shape index (κ2) is 8.30. The molecule has 1 aromatic heterocycles. The summed E-state index contributed by atoms with van der Waals surface area (Å²) in [6, 6.07) is 25.6. The van der Waals surface area contributed by atoms with Gasteiger partial charge in [-0.3, -0.25) is 9.69 Å². The van der Waals surface area contributed by atoms with Gasteiger partial charge in [-0.25, -0.2) is 4.68 Å². The Balaban J connectivity index is 1.62. The van der Waals surface area contributed by atoms with Gasteiger partial charge in [-0.1, -0.05) is 60.2 Å². The van der Waals surface area contributed by atoms with E-state index in [2.05, 4.69) is 53.4 Å². The molecule has 1 aliphatic heterocycles. The van der Waals surface area contributed by atoms with Crippen molar-refractivity contribution >= 4 is 11.9 Å². The molecule has 6 nitrogen and oxygen atoms in total. The molecule has 4 aromatic rings. The number of carbonyl (C=O) groups is 1. The zero-order chi connectivity index (χ0) is 22.1. The molecule has 32 heavy (non-hydrogen) atoms. The summed E-state index contributed by atoms with van der Waals surface area (Å²) in [4.78, 5) is 20.1. The number of nitrogens with zero attached hydrogens (tertiary/aromatic N) is 4. The van der Waals surface area contributed by atoms with Crippen LogP contribution in [0, 0.1) is 6.92 Å². The molecule has 2 unspecified atom stereocenters. The van der Waals surface area contributed by atoms with Crippen molar-refractivity contribution in [3.8, 4) is 5.75 Å². The number of methoxy groups -OCH3 is 1. The molecular formula is C26H24N4O2. The third-order valence-electron chi connectivity index (χ3n) is 6.03. The van der Waals surface area contributed by atoms with Crippen LogP contribution in [0.2, 0.25) is 0 Å². The van der Waals surface area contributed by atoms with Crippen LogP contribution in [-0.4, -0.2) is 27.8 Å². The first-order valence-corrected chi connectivity index (χ1v) is 10.6. The van der Waals surface area contributed by atoms with Crippen molar-refractivity contribution in [1.29, 1.82) is 0 Å². The number of ether oxygens (including phenoxy) is 1. The summed E-state index contributed by atoms with van der Waals surface area (Å²) >= 11 is 0. The average Bonchev–Trinajstić information content (AvgIpc) is 3.33. The minimum absolute atomic E-state index is 0.0140. The molecule has 6 heteroatoms. The second-order valence-corrected chi connectivity index (χ2v) is 8.00. The highest BCUT2D eigenvalue weighted by molar-refractivity contribution is 6.06. The lowest BCUT2D eigenvalue weighted by Gasteiger charge is -2.39. The first-order chi connectivity index (χ1) is 15.7. The maximum absolute atomic E-state index is 13.8. The van der Waals surface area contributed by atoms with Crippen LogP contribution >= 0.6 is 0 Å². The molecule has 0 spiro atoms. The van der Waals surface area contributed by atoms with Gasteiger partial charge in [-0.2, -0.15) is 10.1 Å². The Hall–Kier alpha value is -3.93. The lowest BCUT2D eigenvalue weighted by Crippen LogP contribution is -2.42. The lowest BCUT2D eigenvalue weighted by atomic mass is 9.91. The van der Waals surface area contributed by atoms with Gasteiger partial charge in [0.1, 0.15) is 12.1 Å². The number of anilines is 1. The molecule has 0 saturated carbocycles. The van der Waals surface area contributed by atoms with E-state index in [4.69, 9.17) is 4.74 Å². The van der Waals surface area contributed by atoms with Crippen molar-refractivity contribution in [2.45, 2.75) is 25.4 Å². The Morgan fingerprint density at radius 3 is 2.28 bits per heavy atom. The van der Waals surface area contributed by atoms with Gasteiger partial charge in [0.15, 0.2) is 0 Å². The van der Waals surface area contributed by atoms with Crippen molar-refractivity contribution in [1.82, 2.24) is 14.8 Å². The van der Waals surface area contributed by atoms with Crippen molar-refractivity contribution in [3.63, 3.8) is 0 Å². The highest BCUT2D eigenvalue weighted by atomic mass is 16.5. The van der Waals surface area contributed by atoms with E-state index in [1.165, 1.54) is 11.9 Å². The Kier molecular flexibility index (Phi) is 5.19. The molecule has 160 valence electrons. The summed E-state index contributed by atoms with van der Waals surface area (Å²) in [5, 5.41) is 4.50. The molecular weight excluding hydrogens is 400 g/mol. The van der Waals surface area contributed by atoms with Crippen LogP contribution in [0.15, 0.2) is 85.2 Å². The quantitative estimate of drug-likeness (QED) is 0.464. The molecule has 1 amide bonds. The largest absolute Gasteiger partial charge is 0.497 e. The molecule has 2 atom stereocenters. The highest BCUT2D eigenvalue weighted by Crippen LogP contribution is 2.42. The van der Waals surface area contributed by atoms with Gasteiger partial charge < -0.3 is 4.74 Å². The molecule has 2 heterocycles. The number of aromatic nitrogens is 3. The fraction of sp³-hybridized carbons (Fsp3) is 0.192. The second-order valence-electron chi connectivity index (χ2n) is 8.00. The van der Waals surface area contributed by atoms with E-state index in [0.717, 1.165) is 11.1 Å². The molecule has 1 aliphatic rings. The summed E-state index contributed by atoms with van der Waals surface area (Å²) < 4.78 is 7.11. The first kappa shape index (κ1) is 20.0. The van der Waals surface area contributed by atoms with E-state index in [1.54, 1.807) is 36.3 Å². The van der Waals surface area contributed by atoms with Gasteiger partial charge in [0.2, 0.25) is 5.95 Å². The van der Waals surface area contributed by atoms with Crippen LogP contribution in [0.4, 0.5) is 5.95 Å². The number of carbonyl (C=O) groups excluding carboxylic acids is 1. The first-order valence-electron chi connectivity index (χ1n) is 10.6. The molecule has 0 bridgehead atoms. The third-order valence-corrected chi connectivity index (χ3v) is 6.03. The maximum Gasteiger partial charge on any atom is 0.261 e. The summed E-state index contributed by atoms with van der Waals surface area (Å²) in [6.07, 6.45) is 2.22. The predicted octanol–water partition coefficient (Wildman–Crippen LogP) is 4.98. The van der Waals surface area contributed by atoms with Crippen molar-refractivity contribution in [2.24, 2.45) is 0 Å². The van der Waals surface area contributed by atoms with Gasteiger partial charge in [0.05, 0.1) is 19.2 Å². The predicted molar refractivity (Wildman–Crippen MR) is 123 cm³/mol. The van der Waals surface area contributed by atoms with Crippen LogP contribution in [-0.2, 0) is 0 Å². The maximum atomic E-state index is 13.8. The Morgan fingerprint density at radius 1 is 0.906 bits per heavy atom. The van der Waals surface area contributed by atoms with E-state index in [0.29, 0.717) is 23.7 Å². The number of hydrogen-bond acceptors (Lipinski definition) is 4. The van der Waals surface area contributed by atoms with Crippen molar-refractivity contribution < 1.29 is 9.53 Å². The monoisotopic (exact) mass is 424 g/mol.